The van der Waals surface area contributed by atoms with Crippen LogP contribution in [0.2, 0.25) is 0 Å². The summed E-state index contributed by atoms with van der Waals surface area (Å²) in [7, 11) is -3.49. The number of carboxylic acids is 1. The first-order chi connectivity index (χ1) is 34.2. The van der Waals surface area contributed by atoms with Gasteiger partial charge < -0.3 is 52.9 Å². The van der Waals surface area contributed by atoms with Crippen molar-refractivity contribution < 1.29 is 105 Å². The van der Waals surface area contributed by atoms with E-state index in [1.165, 1.54) is 24.3 Å². The van der Waals surface area contributed by atoms with Crippen LogP contribution in [-0.2, 0) is 64.9 Å². The Balaban J connectivity index is 0.000000398. The van der Waals surface area contributed by atoms with Crippen LogP contribution in [0.4, 0.5) is 8.78 Å². The maximum Gasteiger partial charge on any atom is 1.00 e. The molecule has 5 atom stereocenters. The summed E-state index contributed by atoms with van der Waals surface area (Å²) in [5, 5.41) is 8.83. The number of hydrogen-bond acceptors (Lipinski definition) is 15. The molecular weight excluding hydrogens is 969 g/mol. The number of ether oxygens (including phenoxy) is 5. The van der Waals surface area contributed by atoms with Crippen LogP contribution in [0.1, 0.15) is 123 Å². The van der Waals surface area contributed by atoms with Gasteiger partial charge in [-0.15, -0.1) is 0 Å². The average molecular weight is 1040 g/mol. The van der Waals surface area contributed by atoms with E-state index in [9.17, 15) is 27.7 Å². The van der Waals surface area contributed by atoms with Crippen LogP contribution in [0.5, 0.6) is 0 Å². The van der Waals surface area contributed by atoms with E-state index < -0.39 is 19.2 Å². The van der Waals surface area contributed by atoms with Gasteiger partial charge in [0.15, 0.2) is 5.66 Å². The number of oxazole rings is 2. The number of halogens is 2. The summed E-state index contributed by atoms with van der Waals surface area (Å²) < 4.78 is 88.1. The molecule has 2 heterocycles. The molecule has 72 heavy (non-hydrogen) atoms. The maximum absolute atomic E-state index is 13.1. The van der Waals surface area contributed by atoms with Crippen LogP contribution < -0.4 is 29.6 Å². The Morgan fingerprint density at radius 2 is 1.15 bits per heavy atom. The molecule has 0 amide bonds. The molecule has 2 aliphatic carbocycles. The van der Waals surface area contributed by atoms with Gasteiger partial charge in [0.2, 0.25) is 11.8 Å². The number of aromatic nitrogens is 2. The van der Waals surface area contributed by atoms with Gasteiger partial charge in [-0.1, -0.05) is 13.8 Å². The van der Waals surface area contributed by atoms with E-state index in [2.05, 4.69) is 9.97 Å². The first-order valence-electron chi connectivity index (χ1n) is 24.5. The van der Waals surface area contributed by atoms with Crippen molar-refractivity contribution in [1.82, 2.24) is 9.97 Å². The van der Waals surface area contributed by atoms with Crippen molar-refractivity contribution in [3.8, 4) is 22.9 Å². The summed E-state index contributed by atoms with van der Waals surface area (Å²) >= 11 is 0. The zero-order chi connectivity index (χ0) is 51.8. The Morgan fingerprint density at radius 3 is 1.53 bits per heavy atom. The predicted octanol–water partition coefficient (Wildman–Crippen LogP) is 8.60. The van der Waals surface area contributed by atoms with Crippen LogP contribution >= 0.6 is 7.60 Å². The third-order valence-electron chi connectivity index (χ3n) is 11.7. The number of aldehydes is 1. The summed E-state index contributed by atoms with van der Waals surface area (Å²) in [5.41, 5.74) is 2.54. The topological polar surface area (TPSA) is 205 Å². The minimum Gasteiger partial charge on any atom is -1.00 e. The first kappa shape index (κ1) is 62.4. The van der Waals surface area contributed by atoms with Crippen molar-refractivity contribution in [1.29, 1.82) is 0 Å². The fourth-order valence-electron chi connectivity index (χ4n) is 7.93. The minimum atomic E-state index is -3.49. The van der Waals surface area contributed by atoms with Gasteiger partial charge in [0.25, 0.3) is 0 Å². The van der Waals surface area contributed by atoms with Gasteiger partial charge in [0.1, 0.15) is 47.4 Å². The van der Waals surface area contributed by atoms with Gasteiger partial charge in [-0.3, -0.25) is 9.36 Å². The fourth-order valence-corrected chi connectivity index (χ4v) is 9.80. The van der Waals surface area contributed by atoms with Crippen LogP contribution in [0, 0.1) is 25.5 Å². The van der Waals surface area contributed by atoms with Crippen LogP contribution in [0.25, 0.3) is 22.9 Å². The number of esters is 1. The molecule has 0 spiro atoms. The Hall–Kier alpha value is -3.94. The van der Waals surface area contributed by atoms with E-state index in [0.29, 0.717) is 61.7 Å². The predicted molar refractivity (Wildman–Crippen MR) is 262 cm³/mol. The van der Waals surface area contributed by atoms with Crippen LogP contribution in [0.15, 0.2) is 69.0 Å². The summed E-state index contributed by atoms with van der Waals surface area (Å²) in [6, 6.07) is 12.1. The number of aryl methyl sites for hydroxylation is 2. The Labute approximate surface area is 445 Å². The second kappa shape index (κ2) is 33.1. The molecule has 1 unspecified atom stereocenters. The van der Waals surface area contributed by atoms with E-state index in [1.807, 2.05) is 26.8 Å². The standard InChI is InChI=1S/C25H32FNO5.C19H22FNO4.C8H17O5P.Na.H/c1-4-18(25(28)29-5-2)13-14-30-21-7-6-8-22(15-21)31-16-23-17(3)32-24(27-23)19-9-11-20(26)12-10-19;1-13-18(21-19(25-13)14-5-7-15(20)8-6-14)12-24-17-4-2-3-16(11-17)23-10-9-22;1-4-7(8(9)10)14(11,12-5-2)13-6-3;;/h9-13,21-22H,4-8,14-16H2,1-3H3;5-9,16-17H,2-4,10-12H2,1H3;7H,4-6H2,1-3H3,(H,9,10);;/q;;;+1;-1/b18-13+;;;;/t21-,22+;16-,17+;;;/m11.../s1. The van der Waals surface area contributed by atoms with Crippen molar-refractivity contribution >= 4 is 25.8 Å². The van der Waals surface area contributed by atoms with Crippen molar-refractivity contribution in [3.05, 3.63) is 94.7 Å². The third-order valence-corrected chi connectivity index (χ3v) is 14.3. The molecule has 0 bridgehead atoms. The molecule has 16 nitrogen and oxygen atoms in total. The van der Waals surface area contributed by atoms with Gasteiger partial charge in [-0.2, -0.15) is 0 Å². The van der Waals surface area contributed by atoms with Crippen molar-refractivity contribution in [3.63, 3.8) is 0 Å². The summed E-state index contributed by atoms with van der Waals surface area (Å²) in [6.07, 6.45) is 11.3. The first-order valence-corrected chi connectivity index (χ1v) is 26.1. The number of aliphatic carboxylic acids is 1. The molecule has 2 aliphatic rings. The number of carbonyl (C=O) groups excluding carboxylic acids is 2. The summed E-state index contributed by atoms with van der Waals surface area (Å²) in [5.74, 6) is 0.325. The van der Waals surface area contributed by atoms with E-state index >= 15 is 0 Å². The van der Waals surface area contributed by atoms with E-state index in [1.54, 1.807) is 52.0 Å². The van der Waals surface area contributed by atoms with E-state index in [4.69, 9.17) is 46.7 Å². The SMILES string of the molecule is CCOC(=O)/C(=C/CO[C@@H]1CCC[C@H](OCc2nc(-c3ccc(F)cc3)oc2C)C1)CC.CCOP(=O)(OCC)C(CC)C(=O)O.Cc1oc(-c2ccc(F)cc2)nc1CO[C@H]1CCC[C@@H](OCC=O)C1.[H-].[Na+]. The van der Waals surface area contributed by atoms with Gasteiger partial charge in [-0.25, -0.2) is 23.5 Å². The molecule has 2 aromatic heterocycles. The molecule has 0 radical (unpaired) electrons. The Kier molecular flexibility index (Phi) is 28.6. The quantitative estimate of drug-likeness (QED) is 0.0229. The summed E-state index contributed by atoms with van der Waals surface area (Å²) in [6.45, 7) is 14.4. The second-order valence-electron chi connectivity index (χ2n) is 16.8. The number of carboxylic acid groups (broad SMARTS) is 1. The smallest absolute Gasteiger partial charge is 1.00 e. The zero-order valence-electron chi connectivity index (χ0n) is 44.0. The normalized spacial score (nSPS) is 18.4. The average Bonchev–Trinajstić information content (AvgIpc) is 3.92. The van der Waals surface area contributed by atoms with Crippen LogP contribution in [-0.4, -0.2) is 96.4 Å². The molecule has 20 heteroatoms. The number of nitrogens with zero attached hydrogens (tertiary/aromatic N) is 2. The van der Waals surface area contributed by atoms with Crippen LogP contribution in [0.3, 0.4) is 0 Å². The van der Waals surface area contributed by atoms with E-state index in [-0.39, 0.29) is 99.2 Å². The van der Waals surface area contributed by atoms with Crippen molar-refractivity contribution in [2.75, 3.05) is 33.0 Å². The monoisotopic (exact) mass is 1040 g/mol. The number of carbonyl (C=O) groups is 3. The third kappa shape index (κ3) is 20.4. The maximum atomic E-state index is 13.1. The largest absolute Gasteiger partial charge is 1.00 e. The molecule has 0 aliphatic heterocycles. The van der Waals surface area contributed by atoms with Gasteiger partial charge in [-0.05, 0) is 153 Å². The van der Waals surface area contributed by atoms with Gasteiger partial charge >= 0.3 is 49.1 Å². The van der Waals surface area contributed by atoms with Gasteiger partial charge in [0.05, 0.1) is 64.1 Å². The summed E-state index contributed by atoms with van der Waals surface area (Å²) in [4.78, 5) is 42.1. The van der Waals surface area contributed by atoms with Crippen molar-refractivity contribution in [2.45, 2.75) is 156 Å². The molecule has 0 saturated heterocycles. The Bertz CT molecular complexity index is 2310. The Morgan fingerprint density at radius 1 is 0.722 bits per heavy atom. The number of hydrogen-bond donors (Lipinski definition) is 1. The molecule has 2 saturated carbocycles. The zero-order valence-corrected chi connectivity index (χ0v) is 45.9. The molecule has 4 aromatic rings. The fraction of sp³-hybridized carbons (Fsp3) is 0.558. The molecule has 6 rings (SSSR count). The van der Waals surface area contributed by atoms with Crippen molar-refractivity contribution in [2.24, 2.45) is 0 Å². The molecule has 2 aromatic carbocycles. The molecular formula is C52H72F2N2NaO14P. The number of rotatable bonds is 24. The molecule has 1 N–H and O–H groups in total. The second-order valence-corrected chi connectivity index (χ2v) is 19.0. The minimum absolute atomic E-state index is 0. The van der Waals surface area contributed by atoms with E-state index in [0.717, 1.165) is 80.2 Å². The number of benzene rings is 2. The molecule has 2 fully saturated rings. The van der Waals surface area contributed by atoms with Gasteiger partial charge in [0, 0.05) is 16.7 Å². The molecule has 394 valence electrons.